The Morgan fingerprint density at radius 2 is 2.21 bits per heavy atom. The van der Waals surface area contributed by atoms with Crippen molar-refractivity contribution in [2.75, 3.05) is 19.6 Å². The summed E-state index contributed by atoms with van der Waals surface area (Å²) in [6.07, 6.45) is 3.39. The Balaban J connectivity index is 1.89. The number of pyridine rings is 1. The molecule has 0 saturated heterocycles. The largest absolute Gasteiger partial charge is 0.492 e. The molecule has 1 aromatic heterocycles. The normalized spacial score (nSPS) is 21.4. The van der Waals surface area contributed by atoms with E-state index in [0.717, 1.165) is 16.4 Å². The van der Waals surface area contributed by atoms with Crippen molar-refractivity contribution in [1.29, 1.82) is 0 Å². The molecule has 0 bridgehead atoms. The van der Waals surface area contributed by atoms with Crippen LogP contribution in [0.5, 0.6) is 5.75 Å². The molecule has 0 unspecified atom stereocenters. The van der Waals surface area contributed by atoms with Gasteiger partial charge in [0.2, 0.25) is 5.91 Å². The van der Waals surface area contributed by atoms with Gasteiger partial charge in [-0.1, -0.05) is 0 Å². The average Bonchev–Trinajstić information content (AvgIpc) is 2.35. The number of methoxy groups -OCH3 is 2. The molecule has 1 aliphatic rings. The maximum Gasteiger partial charge on any atom is 0.241 e. The predicted octanol–water partition coefficient (Wildman–Crippen LogP) is 1.56. The number of anilines is 1. The molecule has 1 saturated carbocycles. The van der Waals surface area contributed by atoms with Crippen LogP contribution in [0.3, 0.4) is 0 Å². The number of aromatic nitrogens is 1. The quantitative estimate of drug-likeness (QED) is 0.602. The van der Waals surface area contributed by atoms with Gasteiger partial charge in [0.1, 0.15) is 0 Å². The van der Waals surface area contributed by atoms with E-state index in [-0.39, 0.29) is 17.9 Å². The first kappa shape index (κ1) is 14.3. The second-order valence-corrected chi connectivity index (χ2v) is 5.48. The summed E-state index contributed by atoms with van der Waals surface area (Å²) < 4.78 is 11.3. The Kier molecular flexibility index (Phi) is 4.81. The number of nitrogens with zero attached hydrogens (tertiary/aromatic N) is 1. The molecule has 1 aliphatic carbocycles. The van der Waals surface area contributed by atoms with Gasteiger partial charge in [-0.15, -0.1) is 0 Å². The molecule has 1 amide bonds. The van der Waals surface area contributed by atoms with Crippen LogP contribution in [-0.4, -0.2) is 31.2 Å². The van der Waals surface area contributed by atoms with Gasteiger partial charge in [0.15, 0.2) is 11.6 Å². The highest BCUT2D eigenvalue weighted by Crippen LogP contribution is 2.30. The van der Waals surface area contributed by atoms with Crippen molar-refractivity contribution in [2.24, 2.45) is 5.92 Å². The average molecular weight is 377 g/mol. The van der Waals surface area contributed by atoms with Crippen molar-refractivity contribution in [3.8, 4) is 5.75 Å². The molecule has 0 spiro atoms. The van der Waals surface area contributed by atoms with E-state index in [1.165, 1.54) is 0 Å². The molecular formula is C12H16IN3O3. The molecule has 1 aromatic rings. The number of hydrogen-bond acceptors (Lipinski definition) is 5. The monoisotopic (exact) mass is 377 g/mol. The van der Waals surface area contributed by atoms with Crippen molar-refractivity contribution < 1.29 is 14.3 Å². The van der Waals surface area contributed by atoms with Crippen LogP contribution in [0.15, 0.2) is 12.3 Å². The third kappa shape index (κ3) is 3.27. The Hall–Kier alpha value is -1.09. The highest BCUT2D eigenvalue weighted by molar-refractivity contribution is 14.1. The second-order valence-electron chi connectivity index (χ2n) is 4.31. The molecule has 104 valence electrons. The first-order valence-corrected chi connectivity index (χ1v) is 7.00. The summed E-state index contributed by atoms with van der Waals surface area (Å²) >= 11 is 2.15. The fraction of sp³-hybridized carbons (Fsp3) is 0.500. The Labute approximate surface area is 125 Å². The molecule has 19 heavy (non-hydrogen) atoms. The van der Waals surface area contributed by atoms with E-state index < -0.39 is 0 Å². The summed E-state index contributed by atoms with van der Waals surface area (Å²) in [5.41, 5.74) is 5.46. The lowest BCUT2D eigenvalue weighted by Crippen LogP contribution is -2.44. The Bertz CT molecular complexity index is 464. The van der Waals surface area contributed by atoms with Gasteiger partial charge in [-0.3, -0.25) is 15.6 Å². The van der Waals surface area contributed by atoms with Gasteiger partial charge in [-0.2, -0.15) is 0 Å². The first-order chi connectivity index (χ1) is 9.15. The van der Waals surface area contributed by atoms with Gasteiger partial charge in [-0.05, 0) is 41.5 Å². The second kappa shape index (κ2) is 6.38. The lowest BCUT2D eigenvalue weighted by Gasteiger charge is -2.32. The molecule has 6 nitrogen and oxygen atoms in total. The molecule has 1 fully saturated rings. The Morgan fingerprint density at radius 1 is 1.47 bits per heavy atom. The van der Waals surface area contributed by atoms with Crippen LogP contribution in [0.25, 0.3) is 0 Å². The number of amides is 1. The maximum absolute atomic E-state index is 11.8. The van der Waals surface area contributed by atoms with Crippen molar-refractivity contribution in [1.82, 2.24) is 10.4 Å². The lowest BCUT2D eigenvalue weighted by atomic mass is 9.82. The van der Waals surface area contributed by atoms with Gasteiger partial charge < -0.3 is 9.47 Å². The van der Waals surface area contributed by atoms with Crippen molar-refractivity contribution in [3.63, 3.8) is 0 Å². The predicted molar refractivity (Wildman–Crippen MR) is 78.8 cm³/mol. The fourth-order valence-electron chi connectivity index (χ4n) is 1.90. The summed E-state index contributed by atoms with van der Waals surface area (Å²) in [4.78, 5) is 16.0. The van der Waals surface area contributed by atoms with E-state index in [9.17, 15) is 4.79 Å². The molecule has 2 rings (SSSR count). The molecule has 2 N–H and O–H groups in total. The zero-order chi connectivity index (χ0) is 13.8. The van der Waals surface area contributed by atoms with E-state index in [1.54, 1.807) is 20.4 Å². The summed E-state index contributed by atoms with van der Waals surface area (Å²) in [6, 6.07) is 1.83. The number of ether oxygens (including phenoxy) is 2. The number of carbonyl (C=O) groups excluding carboxylic acids is 1. The third-order valence-electron chi connectivity index (χ3n) is 3.16. The van der Waals surface area contributed by atoms with Crippen LogP contribution < -0.4 is 15.6 Å². The highest BCUT2D eigenvalue weighted by atomic mass is 127. The first-order valence-electron chi connectivity index (χ1n) is 5.92. The van der Waals surface area contributed by atoms with Crippen LogP contribution >= 0.6 is 22.6 Å². The number of nitrogens with one attached hydrogen (secondary N) is 2. The van der Waals surface area contributed by atoms with E-state index in [1.807, 2.05) is 6.07 Å². The third-order valence-corrected chi connectivity index (χ3v) is 4.01. The number of carbonyl (C=O) groups is 1. The Morgan fingerprint density at radius 3 is 2.84 bits per heavy atom. The molecule has 0 aromatic carbocycles. The fourth-order valence-corrected chi connectivity index (χ4v) is 2.54. The minimum absolute atomic E-state index is 0.00577. The van der Waals surface area contributed by atoms with Crippen molar-refractivity contribution in [3.05, 3.63) is 15.8 Å². The summed E-state index contributed by atoms with van der Waals surface area (Å²) in [5, 5.41) is 0. The van der Waals surface area contributed by atoms with Crippen molar-refractivity contribution in [2.45, 2.75) is 18.9 Å². The maximum atomic E-state index is 11.8. The number of hydrogen-bond donors (Lipinski definition) is 2. The molecule has 1 heterocycles. The molecule has 0 radical (unpaired) electrons. The molecule has 7 heteroatoms. The van der Waals surface area contributed by atoms with Gasteiger partial charge in [0.25, 0.3) is 0 Å². The summed E-state index contributed by atoms with van der Waals surface area (Å²) in [5.74, 6) is 1.08. The van der Waals surface area contributed by atoms with Crippen LogP contribution in [-0.2, 0) is 9.53 Å². The van der Waals surface area contributed by atoms with E-state index >= 15 is 0 Å². The molecule has 0 aliphatic heterocycles. The van der Waals surface area contributed by atoms with E-state index in [4.69, 9.17) is 9.47 Å². The number of halogens is 1. The van der Waals surface area contributed by atoms with Gasteiger partial charge in [0.05, 0.1) is 16.8 Å². The lowest BCUT2D eigenvalue weighted by molar-refractivity contribution is -0.132. The van der Waals surface area contributed by atoms with Crippen LogP contribution in [0.1, 0.15) is 12.8 Å². The van der Waals surface area contributed by atoms with E-state index in [0.29, 0.717) is 11.6 Å². The molecular weight excluding hydrogens is 361 g/mol. The van der Waals surface area contributed by atoms with Gasteiger partial charge in [-0.25, -0.2) is 4.98 Å². The van der Waals surface area contributed by atoms with E-state index in [2.05, 4.69) is 38.4 Å². The zero-order valence-corrected chi connectivity index (χ0v) is 12.9. The summed E-state index contributed by atoms with van der Waals surface area (Å²) in [7, 11) is 3.24. The van der Waals surface area contributed by atoms with Gasteiger partial charge >= 0.3 is 0 Å². The number of rotatable bonds is 5. The standard InChI is InChI=1S/C12H16IN3O3/c1-18-8-5-7(6-8)12(17)16-15-11-10(19-2)9(13)3-4-14-11/h3-4,7-8H,5-6H2,1-2H3,(H,14,15)(H,16,17). The number of hydrazine groups is 1. The van der Waals surface area contributed by atoms with Gasteiger partial charge in [0, 0.05) is 19.2 Å². The van der Waals surface area contributed by atoms with Crippen LogP contribution in [0.4, 0.5) is 5.82 Å². The van der Waals surface area contributed by atoms with Crippen LogP contribution in [0.2, 0.25) is 0 Å². The SMILES string of the molecule is COc1c(I)ccnc1NNC(=O)C1CC(OC)C1. The zero-order valence-electron chi connectivity index (χ0n) is 10.8. The van der Waals surface area contributed by atoms with Crippen molar-refractivity contribution >= 4 is 34.3 Å². The highest BCUT2D eigenvalue weighted by Gasteiger charge is 2.34. The molecule has 0 atom stereocenters. The summed E-state index contributed by atoms with van der Waals surface area (Å²) in [6.45, 7) is 0. The van der Waals surface area contributed by atoms with Crippen LogP contribution in [0, 0.1) is 9.49 Å². The smallest absolute Gasteiger partial charge is 0.241 e. The minimum Gasteiger partial charge on any atom is -0.492 e. The minimum atomic E-state index is -0.0454. The topological polar surface area (TPSA) is 72.5 Å².